The van der Waals surface area contributed by atoms with Gasteiger partial charge in [0.15, 0.2) is 5.13 Å². The van der Waals surface area contributed by atoms with Crippen LogP contribution in [0.25, 0.3) is 10.2 Å². The molecule has 3 aromatic rings. The number of nitrogens with one attached hydrogen (secondary N) is 2. The summed E-state index contributed by atoms with van der Waals surface area (Å²) in [5.74, 6) is 1.43. The number of methoxy groups -OCH3 is 1. The fourth-order valence-corrected chi connectivity index (χ4v) is 4.99. The van der Waals surface area contributed by atoms with Gasteiger partial charge in [0.25, 0.3) is 5.91 Å². The fraction of sp³-hybridized carbons (Fsp3) is 0.364. The van der Waals surface area contributed by atoms with E-state index in [4.69, 9.17) is 14.5 Å². The number of rotatable bonds is 4. The van der Waals surface area contributed by atoms with E-state index in [9.17, 15) is 4.79 Å². The Morgan fingerprint density at radius 3 is 2.97 bits per heavy atom. The largest absolute Gasteiger partial charge is 0.497 e. The van der Waals surface area contributed by atoms with Gasteiger partial charge in [-0.05, 0) is 30.3 Å². The molecule has 0 bridgehead atoms. The summed E-state index contributed by atoms with van der Waals surface area (Å²) >= 11 is 1.65. The first-order valence-electron chi connectivity index (χ1n) is 10.2. The molecule has 7 nitrogen and oxygen atoms in total. The highest BCUT2D eigenvalue weighted by Crippen LogP contribution is 2.35. The SMILES string of the molecule is COc1ccc2c(c1)OCCC2NC(=O)c1ccc2nc(N3CCNCC3)sc2c1. The molecule has 0 spiro atoms. The highest BCUT2D eigenvalue weighted by molar-refractivity contribution is 7.22. The maximum atomic E-state index is 13.0. The van der Waals surface area contributed by atoms with Gasteiger partial charge in [-0.1, -0.05) is 11.3 Å². The molecule has 1 saturated heterocycles. The molecule has 2 aliphatic heterocycles. The van der Waals surface area contributed by atoms with Crippen molar-refractivity contribution in [3.63, 3.8) is 0 Å². The summed E-state index contributed by atoms with van der Waals surface area (Å²) in [6.07, 6.45) is 0.737. The number of aromatic nitrogens is 1. The molecule has 0 aliphatic carbocycles. The highest BCUT2D eigenvalue weighted by Gasteiger charge is 2.24. The van der Waals surface area contributed by atoms with Gasteiger partial charge < -0.3 is 25.0 Å². The van der Waals surface area contributed by atoms with E-state index in [0.717, 1.165) is 65.0 Å². The maximum absolute atomic E-state index is 13.0. The molecule has 2 aromatic carbocycles. The van der Waals surface area contributed by atoms with Crippen LogP contribution in [0.2, 0.25) is 0 Å². The Morgan fingerprint density at radius 2 is 2.13 bits per heavy atom. The summed E-state index contributed by atoms with van der Waals surface area (Å²) in [6, 6.07) is 11.4. The molecule has 3 heterocycles. The third-order valence-corrected chi connectivity index (χ3v) is 6.67. The Balaban J connectivity index is 1.35. The number of fused-ring (bicyclic) bond motifs is 2. The Bertz CT molecular complexity index is 1080. The number of carbonyl (C=O) groups excluding carboxylic acids is 1. The van der Waals surface area contributed by atoms with E-state index in [1.807, 2.05) is 36.4 Å². The molecule has 0 radical (unpaired) electrons. The van der Waals surface area contributed by atoms with Gasteiger partial charge >= 0.3 is 0 Å². The number of hydrogen-bond acceptors (Lipinski definition) is 7. The molecule has 1 unspecified atom stereocenters. The zero-order chi connectivity index (χ0) is 20.5. The summed E-state index contributed by atoms with van der Waals surface area (Å²) in [5, 5.41) is 7.55. The molecule has 30 heavy (non-hydrogen) atoms. The molecule has 2 N–H and O–H groups in total. The van der Waals surface area contributed by atoms with E-state index < -0.39 is 0 Å². The minimum atomic E-state index is -0.0827. The van der Waals surface area contributed by atoms with Gasteiger partial charge in [0.2, 0.25) is 0 Å². The lowest BCUT2D eigenvalue weighted by Gasteiger charge is -2.27. The Labute approximate surface area is 179 Å². The lowest BCUT2D eigenvalue weighted by atomic mass is 10.00. The number of amides is 1. The first-order chi connectivity index (χ1) is 14.7. The highest BCUT2D eigenvalue weighted by atomic mass is 32.1. The zero-order valence-corrected chi connectivity index (χ0v) is 17.6. The van der Waals surface area contributed by atoms with Gasteiger partial charge in [-0.15, -0.1) is 0 Å². The summed E-state index contributed by atoms with van der Waals surface area (Å²) in [4.78, 5) is 20.0. The first kappa shape index (κ1) is 19.1. The van der Waals surface area contributed by atoms with Crippen LogP contribution in [0.3, 0.4) is 0 Å². The molecular formula is C22H24N4O3S. The van der Waals surface area contributed by atoms with E-state index in [1.165, 1.54) is 0 Å². The minimum absolute atomic E-state index is 0.0808. The van der Waals surface area contributed by atoms with Crippen LogP contribution < -0.4 is 25.0 Å². The van der Waals surface area contributed by atoms with E-state index >= 15 is 0 Å². The van der Waals surface area contributed by atoms with Crippen LogP contribution in [-0.4, -0.2) is 50.8 Å². The summed E-state index contributed by atoms with van der Waals surface area (Å²) < 4.78 is 12.1. The summed E-state index contributed by atoms with van der Waals surface area (Å²) in [7, 11) is 1.63. The Morgan fingerprint density at radius 1 is 1.27 bits per heavy atom. The van der Waals surface area contributed by atoms with E-state index in [0.29, 0.717) is 12.2 Å². The number of benzene rings is 2. The molecule has 1 fully saturated rings. The lowest BCUT2D eigenvalue weighted by Crippen LogP contribution is -2.43. The third kappa shape index (κ3) is 3.68. The summed E-state index contributed by atoms with van der Waals surface area (Å²) in [6.45, 7) is 4.43. The van der Waals surface area contributed by atoms with E-state index in [-0.39, 0.29) is 11.9 Å². The molecule has 1 atom stereocenters. The van der Waals surface area contributed by atoms with Gasteiger partial charge in [0.05, 0.1) is 30.0 Å². The maximum Gasteiger partial charge on any atom is 0.251 e. The van der Waals surface area contributed by atoms with Gasteiger partial charge in [0.1, 0.15) is 11.5 Å². The van der Waals surface area contributed by atoms with Gasteiger partial charge in [0, 0.05) is 49.8 Å². The van der Waals surface area contributed by atoms with Crippen molar-refractivity contribution in [2.24, 2.45) is 0 Å². The molecule has 0 saturated carbocycles. The van der Waals surface area contributed by atoms with Crippen molar-refractivity contribution in [3.8, 4) is 11.5 Å². The van der Waals surface area contributed by atoms with Crippen LogP contribution in [0.4, 0.5) is 5.13 Å². The topological polar surface area (TPSA) is 75.7 Å². The summed E-state index contributed by atoms with van der Waals surface area (Å²) in [5.41, 5.74) is 2.57. The molecule has 156 valence electrons. The molecule has 1 aromatic heterocycles. The van der Waals surface area contributed by atoms with Crippen molar-refractivity contribution in [3.05, 3.63) is 47.5 Å². The van der Waals surface area contributed by atoms with Gasteiger partial charge in [-0.25, -0.2) is 4.98 Å². The van der Waals surface area contributed by atoms with Crippen molar-refractivity contribution in [1.29, 1.82) is 0 Å². The average molecular weight is 425 g/mol. The minimum Gasteiger partial charge on any atom is -0.497 e. The molecular weight excluding hydrogens is 400 g/mol. The van der Waals surface area contributed by atoms with Crippen molar-refractivity contribution in [1.82, 2.24) is 15.6 Å². The fourth-order valence-electron chi connectivity index (χ4n) is 3.93. The van der Waals surface area contributed by atoms with Crippen LogP contribution in [0.1, 0.15) is 28.4 Å². The van der Waals surface area contributed by atoms with Crippen LogP contribution in [0.15, 0.2) is 36.4 Å². The number of carbonyl (C=O) groups is 1. The number of hydrogen-bond donors (Lipinski definition) is 2. The van der Waals surface area contributed by atoms with Crippen LogP contribution in [-0.2, 0) is 0 Å². The average Bonchev–Trinajstić information content (AvgIpc) is 3.23. The first-order valence-corrected chi connectivity index (χ1v) is 11.0. The standard InChI is InChI=1S/C22H24N4O3S/c1-28-15-3-4-16-17(6-11-29-19(16)13-15)24-21(27)14-2-5-18-20(12-14)30-22(25-18)26-9-7-23-8-10-26/h2-5,12-13,17,23H,6-11H2,1H3,(H,24,27). The number of nitrogens with zero attached hydrogens (tertiary/aromatic N) is 2. The molecule has 5 rings (SSSR count). The van der Waals surface area contributed by atoms with Crippen molar-refractivity contribution < 1.29 is 14.3 Å². The van der Waals surface area contributed by atoms with Crippen LogP contribution in [0.5, 0.6) is 11.5 Å². The predicted molar refractivity (Wildman–Crippen MR) is 118 cm³/mol. The third-order valence-electron chi connectivity index (χ3n) is 5.59. The Hall–Kier alpha value is -2.84. The molecule has 1 amide bonds. The normalized spacial score (nSPS) is 18.6. The van der Waals surface area contributed by atoms with Crippen molar-refractivity contribution >= 4 is 32.6 Å². The predicted octanol–water partition coefficient (Wildman–Crippen LogP) is 2.97. The Kier molecular flexibility index (Phi) is 5.18. The van der Waals surface area contributed by atoms with Crippen molar-refractivity contribution in [2.45, 2.75) is 12.5 Å². The van der Waals surface area contributed by atoms with Crippen LogP contribution >= 0.6 is 11.3 Å². The van der Waals surface area contributed by atoms with Gasteiger partial charge in [-0.2, -0.15) is 0 Å². The van der Waals surface area contributed by atoms with Crippen LogP contribution in [0, 0.1) is 0 Å². The van der Waals surface area contributed by atoms with Gasteiger partial charge in [-0.3, -0.25) is 4.79 Å². The van der Waals surface area contributed by atoms with E-state index in [2.05, 4.69) is 15.5 Å². The smallest absolute Gasteiger partial charge is 0.251 e. The second-order valence-electron chi connectivity index (χ2n) is 7.48. The number of piperazine rings is 1. The number of thiazole rings is 1. The number of ether oxygens (including phenoxy) is 2. The van der Waals surface area contributed by atoms with Crippen molar-refractivity contribution in [2.75, 3.05) is 44.8 Å². The monoisotopic (exact) mass is 424 g/mol. The van der Waals surface area contributed by atoms with E-state index in [1.54, 1.807) is 18.4 Å². The number of anilines is 1. The second kappa shape index (κ2) is 8.12. The molecule has 8 heteroatoms. The molecule has 2 aliphatic rings. The lowest BCUT2D eigenvalue weighted by molar-refractivity contribution is 0.0925. The second-order valence-corrected chi connectivity index (χ2v) is 8.49. The zero-order valence-electron chi connectivity index (χ0n) is 16.8. The quantitative estimate of drug-likeness (QED) is 0.671.